The second kappa shape index (κ2) is 3.08. The molecule has 11 heavy (non-hydrogen) atoms. The fraction of sp³-hybridized carbons (Fsp3) is 1.00. The molecule has 0 aromatic carbocycles. The second-order valence-corrected chi connectivity index (χ2v) is 4.75. The Kier molecular flexibility index (Phi) is 2.51. The maximum absolute atomic E-state index is 10.7. The highest BCUT2D eigenvalue weighted by Crippen LogP contribution is 2.32. The van der Waals surface area contributed by atoms with E-state index in [1.165, 1.54) is 24.2 Å². The van der Waals surface area contributed by atoms with Gasteiger partial charge in [0.25, 0.3) is 10.2 Å². The minimum absolute atomic E-state index is 0.559. The highest BCUT2D eigenvalue weighted by Gasteiger charge is 2.22. The van der Waals surface area contributed by atoms with E-state index in [0.717, 1.165) is 12.3 Å². The van der Waals surface area contributed by atoms with Crippen LogP contribution in [-0.4, -0.2) is 26.3 Å². The normalized spacial score (nSPS) is 19.2. The van der Waals surface area contributed by atoms with Crippen LogP contribution in [0.2, 0.25) is 0 Å². The molecule has 4 nitrogen and oxygen atoms in total. The fourth-order valence-corrected chi connectivity index (χ4v) is 1.26. The summed E-state index contributed by atoms with van der Waals surface area (Å²) >= 11 is 0. The van der Waals surface area contributed by atoms with Crippen LogP contribution in [-0.2, 0) is 10.2 Å². The van der Waals surface area contributed by atoms with Crippen molar-refractivity contribution in [1.29, 1.82) is 0 Å². The SMILES string of the molecule is CN(CCC1CC1)S(N)(=O)=O. The Morgan fingerprint density at radius 3 is 2.45 bits per heavy atom. The zero-order valence-electron chi connectivity index (χ0n) is 6.66. The third-order valence-corrected chi connectivity index (χ3v) is 3.04. The van der Waals surface area contributed by atoms with Crippen molar-refractivity contribution < 1.29 is 8.42 Å². The van der Waals surface area contributed by atoms with Gasteiger partial charge in [-0.1, -0.05) is 12.8 Å². The summed E-state index contributed by atoms with van der Waals surface area (Å²) in [5.74, 6) is 0.749. The molecule has 1 fully saturated rings. The van der Waals surface area contributed by atoms with Gasteiger partial charge in [0, 0.05) is 13.6 Å². The number of nitrogens with two attached hydrogens (primary N) is 1. The van der Waals surface area contributed by atoms with Gasteiger partial charge < -0.3 is 0 Å². The van der Waals surface area contributed by atoms with E-state index < -0.39 is 10.2 Å². The molecule has 1 aliphatic rings. The van der Waals surface area contributed by atoms with Gasteiger partial charge in [-0.3, -0.25) is 0 Å². The lowest BCUT2D eigenvalue weighted by molar-refractivity contribution is 0.451. The van der Waals surface area contributed by atoms with E-state index in [2.05, 4.69) is 0 Å². The van der Waals surface area contributed by atoms with Crippen LogP contribution >= 0.6 is 0 Å². The lowest BCUT2D eigenvalue weighted by atomic mass is 10.3. The Balaban J connectivity index is 2.24. The van der Waals surface area contributed by atoms with Crippen molar-refractivity contribution in [3.05, 3.63) is 0 Å². The Labute approximate surface area is 67.6 Å². The number of rotatable bonds is 4. The summed E-state index contributed by atoms with van der Waals surface area (Å²) in [6.07, 6.45) is 3.45. The van der Waals surface area contributed by atoms with Crippen molar-refractivity contribution in [3.8, 4) is 0 Å². The van der Waals surface area contributed by atoms with Crippen LogP contribution in [0.5, 0.6) is 0 Å². The molecule has 5 heteroatoms. The first-order valence-electron chi connectivity index (χ1n) is 3.74. The zero-order valence-corrected chi connectivity index (χ0v) is 7.47. The van der Waals surface area contributed by atoms with E-state index in [1.54, 1.807) is 0 Å². The Bertz CT molecular complexity index is 221. The first-order chi connectivity index (χ1) is 5.00. The molecule has 1 saturated carbocycles. The lowest BCUT2D eigenvalue weighted by Crippen LogP contribution is -2.34. The van der Waals surface area contributed by atoms with Gasteiger partial charge in [0.2, 0.25) is 0 Å². The van der Waals surface area contributed by atoms with E-state index in [-0.39, 0.29) is 0 Å². The summed E-state index contributed by atoms with van der Waals surface area (Å²) in [5.41, 5.74) is 0. The molecule has 0 aromatic heterocycles. The minimum atomic E-state index is -3.44. The Morgan fingerprint density at radius 2 is 2.09 bits per heavy atom. The van der Waals surface area contributed by atoms with Gasteiger partial charge in [0.1, 0.15) is 0 Å². The first kappa shape index (κ1) is 8.96. The van der Waals surface area contributed by atoms with Crippen molar-refractivity contribution in [3.63, 3.8) is 0 Å². The molecule has 0 saturated heterocycles. The molecule has 0 radical (unpaired) electrons. The van der Waals surface area contributed by atoms with E-state index in [4.69, 9.17) is 5.14 Å². The van der Waals surface area contributed by atoms with Crippen LogP contribution in [0.3, 0.4) is 0 Å². The molecule has 0 spiro atoms. The number of nitrogens with zero attached hydrogens (tertiary/aromatic N) is 1. The van der Waals surface area contributed by atoms with Gasteiger partial charge in [-0.05, 0) is 12.3 Å². The third-order valence-electron chi connectivity index (χ3n) is 1.98. The van der Waals surface area contributed by atoms with Gasteiger partial charge in [-0.15, -0.1) is 0 Å². The Hall–Kier alpha value is -0.130. The summed E-state index contributed by atoms with van der Waals surface area (Å²) in [7, 11) is -1.93. The van der Waals surface area contributed by atoms with Crippen LogP contribution in [0.25, 0.3) is 0 Å². The molecule has 1 aliphatic carbocycles. The molecular formula is C6H14N2O2S. The highest BCUT2D eigenvalue weighted by atomic mass is 32.2. The van der Waals surface area contributed by atoms with Crippen molar-refractivity contribution in [2.24, 2.45) is 11.1 Å². The molecule has 1 rings (SSSR count). The molecule has 0 bridgehead atoms. The summed E-state index contributed by atoms with van der Waals surface area (Å²) in [6.45, 7) is 0.559. The molecule has 2 N–H and O–H groups in total. The van der Waals surface area contributed by atoms with Crippen LogP contribution < -0.4 is 5.14 Å². The van der Waals surface area contributed by atoms with Crippen molar-refractivity contribution >= 4 is 10.2 Å². The molecule has 0 unspecified atom stereocenters. The van der Waals surface area contributed by atoms with E-state index >= 15 is 0 Å². The van der Waals surface area contributed by atoms with Gasteiger partial charge in [0.05, 0.1) is 0 Å². The highest BCUT2D eigenvalue weighted by molar-refractivity contribution is 7.86. The second-order valence-electron chi connectivity index (χ2n) is 3.10. The van der Waals surface area contributed by atoms with Crippen molar-refractivity contribution in [2.75, 3.05) is 13.6 Å². The van der Waals surface area contributed by atoms with Crippen LogP contribution in [0.15, 0.2) is 0 Å². The minimum Gasteiger partial charge on any atom is -0.216 e. The summed E-state index contributed by atoms with van der Waals surface area (Å²) in [5, 5.41) is 4.88. The molecule has 0 atom stereocenters. The number of hydrogen-bond acceptors (Lipinski definition) is 2. The van der Waals surface area contributed by atoms with Crippen LogP contribution in [0.4, 0.5) is 0 Å². The zero-order chi connectivity index (χ0) is 8.48. The largest absolute Gasteiger partial charge is 0.276 e. The molecule has 0 heterocycles. The van der Waals surface area contributed by atoms with E-state index in [0.29, 0.717) is 6.54 Å². The van der Waals surface area contributed by atoms with E-state index in [1.807, 2.05) is 0 Å². The molecule has 0 aromatic rings. The topological polar surface area (TPSA) is 63.4 Å². The summed E-state index contributed by atoms with van der Waals surface area (Å²) in [6, 6.07) is 0. The van der Waals surface area contributed by atoms with Crippen LogP contribution in [0, 0.1) is 5.92 Å². The first-order valence-corrected chi connectivity index (χ1v) is 5.24. The van der Waals surface area contributed by atoms with Gasteiger partial charge in [0.15, 0.2) is 0 Å². The van der Waals surface area contributed by atoms with Gasteiger partial charge in [-0.2, -0.15) is 12.7 Å². The third kappa shape index (κ3) is 3.18. The summed E-state index contributed by atoms with van der Waals surface area (Å²) < 4.78 is 22.5. The lowest BCUT2D eigenvalue weighted by Gasteiger charge is -2.12. The van der Waals surface area contributed by atoms with Gasteiger partial charge in [-0.25, -0.2) is 5.14 Å². The molecule has 0 aliphatic heterocycles. The fourth-order valence-electron chi connectivity index (χ4n) is 0.898. The smallest absolute Gasteiger partial charge is 0.216 e. The number of hydrogen-bond donors (Lipinski definition) is 1. The molecule has 0 amide bonds. The quantitative estimate of drug-likeness (QED) is 0.654. The predicted octanol–water partition coefficient (Wildman–Crippen LogP) is -0.0782. The maximum atomic E-state index is 10.7. The molecule has 66 valence electrons. The van der Waals surface area contributed by atoms with E-state index in [9.17, 15) is 8.42 Å². The van der Waals surface area contributed by atoms with Crippen molar-refractivity contribution in [2.45, 2.75) is 19.3 Å². The van der Waals surface area contributed by atoms with Crippen LogP contribution in [0.1, 0.15) is 19.3 Å². The maximum Gasteiger partial charge on any atom is 0.276 e. The van der Waals surface area contributed by atoms with Gasteiger partial charge >= 0.3 is 0 Å². The standard InChI is InChI=1S/C6H14N2O2S/c1-8(11(7,9)10)5-4-6-2-3-6/h6H,2-5H2,1H3,(H2,7,9,10). The predicted molar refractivity (Wildman–Crippen MR) is 43.1 cm³/mol. The monoisotopic (exact) mass is 178 g/mol. The summed E-state index contributed by atoms with van der Waals surface area (Å²) in [4.78, 5) is 0. The van der Waals surface area contributed by atoms with Crippen molar-refractivity contribution in [1.82, 2.24) is 4.31 Å². The average molecular weight is 178 g/mol. The average Bonchev–Trinajstić information content (AvgIpc) is 2.62. The Morgan fingerprint density at radius 1 is 1.55 bits per heavy atom. The molecular weight excluding hydrogens is 164 g/mol.